The normalized spacial score (nSPS) is 14.0. The Morgan fingerprint density at radius 2 is 1.93 bits per heavy atom. The lowest BCUT2D eigenvalue weighted by Gasteiger charge is -2.26. The van der Waals surface area contributed by atoms with Crippen molar-refractivity contribution in [3.63, 3.8) is 0 Å². The van der Waals surface area contributed by atoms with Crippen molar-refractivity contribution in [2.24, 2.45) is 0 Å². The molecule has 0 saturated heterocycles. The molecule has 1 N–H and O–H groups in total. The quantitative estimate of drug-likeness (QED) is 0.778. The summed E-state index contributed by atoms with van der Waals surface area (Å²) in [5, 5.41) is 9.27. The summed E-state index contributed by atoms with van der Waals surface area (Å²) in [6.07, 6.45) is 0. The summed E-state index contributed by atoms with van der Waals surface area (Å²) < 4.78 is 12.7. The monoisotopic (exact) mass is 214 g/mol. The van der Waals surface area contributed by atoms with Gasteiger partial charge in [0.2, 0.25) is 0 Å². The number of alkyl halides is 1. The van der Waals surface area contributed by atoms with Gasteiger partial charge in [0, 0.05) is 4.90 Å². The Kier molecular flexibility index (Phi) is 3.96. The van der Waals surface area contributed by atoms with Gasteiger partial charge in [-0.2, -0.15) is 0 Å². The number of thioether (sulfide) groups is 1. The lowest BCUT2D eigenvalue weighted by atomic mass is 10.1. The molecule has 0 heterocycles. The standard InChI is InChI=1S/C11H15FOS/c1-11(2,13)10(8-12)14-9-6-4-3-5-7-9/h3-7,10,13H,8H2,1-2H3. The van der Waals surface area contributed by atoms with Crippen LogP contribution in [0.25, 0.3) is 0 Å². The Bertz CT molecular complexity index is 268. The molecular weight excluding hydrogens is 199 g/mol. The van der Waals surface area contributed by atoms with Crippen molar-refractivity contribution in [3.8, 4) is 0 Å². The van der Waals surface area contributed by atoms with Crippen molar-refractivity contribution in [2.45, 2.75) is 29.6 Å². The molecule has 0 radical (unpaired) electrons. The average molecular weight is 214 g/mol. The van der Waals surface area contributed by atoms with Crippen molar-refractivity contribution in [3.05, 3.63) is 30.3 Å². The predicted molar refractivity (Wildman–Crippen MR) is 58.4 cm³/mol. The first-order chi connectivity index (χ1) is 6.54. The van der Waals surface area contributed by atoms with Crippen LogP contribution in [-0.4, -0.2) is 22.6 Å². The van der Waals surface area contributed by atoms with Crippen LogP contribution < -0.4 is 0 Å². The van der Waals surface area contributed by atoms with Gasteiger partial charge in [0.25, 0.3) is 0 Å². The van der Waals surface area contributed by atoms with E-state index in [1.54, 1.807) is 13.8 Å². The molecule has 1 atom stereocenters. The third-order valence-corrected chi connectivity index (χ3v) is 3.48. The topological polar surface area (TPSA) is 20.2 Å². The second-order valence-electron chi connectivity index (χ2n) is 3.73. The van der Waals surface area contributed by atoms with Gasteiger partial charge in [-0.3, -0.25) is 0 Å². The number of aliphatic hydroxyl groups is 1. The van der Waals surface area contributed by atoms with Gasteiger partial charge in [-0.25, -0.2) is 4.39 Å². The zero-order chi connectivity index (χ0) is 10.6. The number of halogens is 1. The molecule has 78 valence electrons. The Morgan fingerprint density at radius 3 is 2.36 bits per heavy atom. The number of hydrogen-bond acceptors (Lipinski definition) is 2. The summed E-state index contributed by atoms with van der Waals surface area (Å²) in [5.74, 6) is 0. The Labute approximate surface area is 88.3 Å². The molecule has 3 heteroatoms. The van der Waals surface area contributed by atoms with Gasteiger partial charge in [0.1, 0.15) is 6.67 Å². The van der Waals surface area contributed by atoms with E-state index in [1.165, 1.54) is 11.8 Å². The van der Waals surface area contributed by atoms with Crippen LogP contribution in [0.15, 0.2) is 35.2 Å². The summed E-state index contributed by atoms with van der Waals surface area (Å²) in [6, 6.07) is 9.56. The Balaban J connectivity index is 2.67. The van der Waals surface area contributed by atoms with Gasteiger partial charge < -0.3 is 5.11 Å². The summed E-state index contributed by atoms with van der Waals surface area (Å²) in [5.41, 5.74) is -0.991. The lowest BCUT2D eigenvalue weighted by Crippen LogP contribution is -2.34. The average Bonchev–Trinajstić information content (AvgIpc) is 2.14. The Morgan fingerprint density at radius 1 is 1.36 bits per heavy atom. The van der Waals surface area contributed by atoms with E-state index in [1.807, 2.05) is 30.3 Å². The number of rotatable bonds is 4. The van der Waals surface area contributed by atoms with Crippen LogP contribution in [0.2, 0.25) is 0 Å². The highest BCUT2D eigenvalue weighted by Crippen LogP contribution is 2.30. The molecule has 1 rings (SSSR count). The molecule has 0 spiro atoms. The third kappa shape index (κ3) is 3.31. The molecule has 0 amide bonds. The number of benzene rings is 1. The van der Waals surface area contributed by atoms with Gasteiger partial charge in [0.05, 0.1) is 10.9 Å². The highest BCUT2D eigenvalue weighted by atomic mass is 32.2. The fraction of sp³-hybridized carbons (Fsp3) is 0.455. The highest BCUT2D eigenvalue weighted by molar-refractivity contribution is 8.00. The van der Waals surface area contributed by atoms with Crippen LogP contribution in [0.4, 0.5) is 4.39 Å². The van der Waals surface area contributed by atoms with Gasteiger partial charge in [0.15, 0.2) is 0 Å². The van der Waals surface area contributed by atoms with E-state index in [9.17, 15) is 9.50 Å². The summed E-state index contributed by atoms with van der Waals surface area (Å²) >= 11 is 1.37. The van der Waals surface area contributed by atoms with Crippen molar-refractivity contribution in [2.75, 3.05) is 6.67 Å². The Hall–Kier alpha value is -0.540. The molecular formula is C11H15FOS. The maximum atomic E-state index is 12.7. The molecule has 14 heavy (non-hydrogen) atoms. The molecule has 1 unspecified atom stereocenters. The predicted octanol–water partition coefficient (Wildman–Crippen LogP) is 2.89. The first-order valence-electron chi connectivity index (χ1n) is 4.54. The first-order valence-corrected chi connectivity index (χ1v) is 5.42. The van der Waals surface area contributed by atoms with Crippen molar-refractivity contribution < 1.29 is 9.50 Å². The van der Waals surface area contributed by atoms with Crippen molar-refractivity contribution >= 4 is 11.8 Å². The second kappa shape index (κ2) is 4.80. The van der Waals surface area contributed by atoms with E-state index >= 15 is 0 Å². The molecule has 0 saturated carbocycles. The van der Waals surface area contributed by atoms with Crippen LogP contribution in [0.1, 0.15) is 13.8 Å². The molecule has 0 aliphatic rings. The van der Waals surface area contributed by atoms with Crippen LogP contribution in [0.3, 0.4) is 0 Å². The van der Waals surface area contributed by atoms with E-state index in [-0.39, 0.29) is 0 Å². The largest absolute Gasteiger partial charge is 0.389 e. The van der Waals surface area contributed by atoms with Crippen LogP contribution in [0, 0.1) is 0 Å². The zero-order valence-corrected chi connectivity index (χ0v) is 9.22. The van der Waals surface area contributed by atoms with Crippen molar-refractivity contribution in [1.29, 1.82) is 0 Å². The van der Waals surface area contributed by atoms with E-state index in [2.05, 4.69) is 0 Å². The van der Waals surface area contributed by atoms with Gasteiger partial charge in [-0.05, 0) is 26.0 Å². The highest BCUT2D eigenvalue weighted by Gasteiger charge is 2.27. The maximum absolute atomic E-state index is 12.7. The summed E-state index contributed by atoms with van der Waals surface area (Å²) in [4.78, 5) is 0.984. The van der Waals surface area contributed by atoms with E-state index in [4.69, 9.17) is 0 Å². The molecule has 1 nitrogen and oxygen atoms in total. The molecule has 0 aliphatic carbocycles. The minimum absolute atomic E-state index is 0.412. The minimum Gasteiger partial charge on any atom is -0.389 e. The van der Waals surface area contributed by atoms with E-state index in [0.717, 1.165) is 4.90 Å². The first kappa shape index (κ1) is 11.5. The van der Waals surface area contributed by atoms with Crippen LogP contribution in [-0.2, 0) is 0 Å². The van der Waals surface area contributed by atoms with E-state index < -0.39 is 17.5 Å². The molecule has 1 aromatic rings. The smallest absolute Gasteiger partial charge is 0.104 e. The van der Waals surface area contributed by atoms with Gasteiger partial charge >= 0.3 is 0 Å². The van der Waals surface area contributed by atoms with Crippen LogP contribution >= 0.6 is 11.8 Å². The molecule has 0 bridgehead atoms. The molecule has 0 aliphatic heterocycles. The number of hydrogen-bond donors (Lipinski definition) is 1. The SMILES string of the molecule is CC(C)(O)C(CF)Sc1ccccc1. The van der Waals surface area contributed by atoms with Gasteiger partial charge in [-0.15, -0.1) is 11.8 Å². The molecule has 0 fully saturated rings. The maximum Gasteiger partial charge on any atom is 0.104 e. The summed E-state index contributed by atoms with van der Waals surface area (Å²) in [7, 11) is 0. The third-order valence-electron chi connectivity index (χ3n) is 1.95. The minimum atomic E-state index is -0.991. The molecule has 0 aromatic heterocycles. The van der Waals surface area contributed by atoms with Gasteiger partial charge in [-0.1, -0.05) is 18.2 Å². The molecule has 1 aromatic carbocycles. The fourth-order valence-corrected chi connectivity index (χ4v) is 2.02. The lowest BCUT2D eigenvalue weighted by molar-refractivity contribution is 0.0703. The van der Waals surface area contributed by atoms with E-state index in [0.29, 0.717) is 0 Å². The summed E-state index contributed by atoms with van der Waals surface area (Å²) in [6.45, 7) is 2.74. The zero-order valence-electron chi connectivity index (χ0n) is 8.40. The second-order valence-corrected chi connectivity index (χ2v) is 5.00. The fourth-order valence-electron chi connectivity index (χ4n) is 1.03. The van der Waals surface area contributed by atoms with Crippen LogP contribution in [0.5, 0.6) is 0 Å². The van der Waals surface area contributed by atoms with Crippen molar-refractivity contribution in [1.82, 2.24) is 0 Å².